The molecular formula is C18H14Cl2F3N3O5. The van der Waals surface area contributed by atoms with E-state index in [1.54, 1.807) is 0 Å². The van der Waals surface area contributed by atoms with E-state index in [1.165, 1.54) is 13.1 Å². The highest BCUT2D eigenvalue weighted by atomic mass is 35.5. The lowest BCUT2D eigenvalue weighted by molar-refractivity contribution is -0.385. The summed E-state index contributed by atoms with van der Waals surface area (Å²) in [4.78, 5) is 26.0. The van der Waals surface area contributed by atoms with Gasteiger partial charge in [0.05, 0.1) is 21.4 Å². The van der Waals surface area contributed by atoms with Gasteiger partial charge in [-0.25, -0.2) is 4.79 Å². The maximum Gasteiger partial charge on any atom is 0.416 e. The van der Waals surface area contributed by atoms with Crippen LogP contribution >= 0.6 is 23.2 Å². The number of nitrogens with zero attached hydrogens (tertiary/aromatic N) is 2. The number of ether oxygens (including phenoxy) is 2. The number of benzene rings is 2. The molecule has 2 rings (SSSR count). The van der Waals surface area contributed by atoms with Crippen LogP contribution in [0.4, 0.5) is 23.7 Å². The van der Waals surface area contributed by atoms with E-state index in [9.17, 15) is 28.1 Å². The van der Waals surface area contributed by atoms with Crippen molar-refractivity contribution in [1.82, 2.24) is 5.32 Å². The molecule has 0 fully saturated rings. The van der Waals surface area contributed by atoms with Crippen LogP contribution in [-0.2, 0) is 10.9 Å². The Kier molecular flexibility index (Phi) is 8.06. The number of carbonyl (C=O) groups excluding carboxylic acids is 1. The minimum absolute atomic E-state index is 0.0118. The summed E-state index contributed by atoms with van der Waals surface area (Å²) in [5.41, 5.74) is -1.63. The van der Waals surface area contributed by atoms with Crippen molar-refractivity contribution in [2.45, 2.75) is 6.18 Å². The van der Waals surface area contributed by atoms with Crippen LogP contribution in [0.15, 0.2) is 41.4 Å². The van der Waals surface area contributed by atoms with E-state index >= 15 is 0 Å². The van der Waals surface area contributed by atoms with Crippen molar-refractivity contribution < 1.29 is 32.4 Å². The number of nitro benzene ring substituents is 1. The molecule has 8 nitrogen and oxygen atoms in total. The Morgan fingerprint density at radius 3 is 2.52 bits per heavy atom. The van der Waals surface area contributed by atoms with Crippen LogP contribution in [0, 0.1) is 10.1 Å². The molecule has 0 unspecified atom stereocenters. The lowest BCUT2D eigenvalue weighted by Gasteiger charge is -2.13. The largest absolute Gasteiger partial charge is 0.476 e. The number of urea groups is 1. The second-order valence-electron chi connectivity index (χ2n) is 5.69. The molecule has 2 amide bonds. The highest BCUT2D eigenvalue weighted by Gasteiger charge is 2.31. The summed E-state index contributed by atoms with van der Waals surface area (Å²) >= 11 is 11.4. The third kappa shape index (κ3) is 6.46. The fraction of sp³-hybridized carbons (Fsp3) is 0.222. The van der Waals surface area contributed by atoms with E-state index in [0.717, 1.165) is 24.3 Å². The molecule has 0 bridgehead atoms. The lowest BCUT2D eigenvalue weighted by Crippen LogP contribution is -2.19. The topological polar surface area (TPSA) is 103 Å². The van der Waals surface area contributed by atoms with Crippen LogP contribution in [-0.4, -0.2) is 36.4 Å². The molecule has 13 heteroatoms. The molecular weight excluding hydrogens is 466 g/mol. The van der Waals surface area contributed by atoms with Crippen molar-refractivity contribution in [1.29, 1.82) is 0 Å². The Morgan fingerprint density at radius 1 is 1.26 bits per heavy atom. The predicted molar refractivity (Wildman–Crippen MR) is 107 cm³/mol. The van der Waals surface area contributed by atoms with Gasteiger partial charge in [-0.05, 0) is 24.3 Å². The van der Waals surface area contributed by atoms with Crippen molar-refractivity contribution in [3.05, 3.63) is 62.7 Å². The van der Waals surface area contributed by atoms with Gasteiger partial charge < -0.3 is 14.8 Å². The summed E-state index contributed by atoms with van der Waals surface area (Å²) in [6.07, 6.45) is -4.59. The molecule has 0 spiro atoms. The van der Waals surface area contributed by atoms with E-state index in [1.807, 2.05) is 0 Å². The molecule has 2 aromatic carbocycles. The zero-order chi connectivity index (χ0) is 23.2. The maximum absolute atomic E-state index is 12.8. The molecule has 31 heavy (non-hydrogen) atoms. The Labute approximate surface area is 183 Å². The zero-order valence-corrected chi connectivity index (χ0v) is 17.2. The predicted octanol–water partition coefficient (Wildman–Crippen LogP) is 5.40. The number of alkyl halides is 4. The van der Waals surface area contributed by atoms with E-state index in [4.69, 9.17) is 32.7 Å². The molecule has 0 aliphatic heterocycles. The minimum Gasteiger partial charge on any atom is -0.476 e. The fourth-order valence-electron chi connectivity index (χ4n) is 2.25. The number of aliphatic imine (C=N–C) groups is 1. The molecule has 0 saturated carbocycles. The van der Waals surface area contributed by atoms with Crippen LogP contribution in [0.25, 0.3) is 0 Å². The second kappa shape index (κ2) is 10.3. The van der Waals surface area contributed by atoms with Crippen molar-refractivity contribution >= 4 is 40.8 Å². The first kappa shape index (κ1) is 24.2. The van der Waals surface area contributed by atoms with E-state index < -0.39 is 34.3 Å². The van der Waals surface area contributed by atoms with Gasteiger partial charge in [-0.2, -0.15) is 18.2 Å². The van der Waals surface area contributed by atoms with Gasteiger partial charge in [-0.1, -0.05) is 11.6 Å². The van der Waals surface area contributed by atoms with Gasteiger partial charge in [-0.3, -0.25) is 10.1 Å². The van der Waals surface area contributed by atoms with Crippen LogP contribution in [0.3, 0.4) is 0 Å². The number of hydrogen-bond acceptors (Lipinski definition) is 5. The third-order valence-electron chi connectivity index (χ3n) is 3.62. The number of carbonyl (C=O) groups is 1. The summed E-state index contributed by atoms with van der Waals surface area (Å²) in [6.45, 7) is -0.107. The molecule has 0 aliphatic rings. The van der Waals surface area contributed by atoms with E-state index in [2.05, 4.69) is 10.3 Å². The lowest BCUT2D eigenvalue weighted by atomic mass is 10.1. The number of nitrogens with one attached hydrogen (secondary N) is 1. The average Bonchev–Trinajstić information content (AvgIpc) is 2.71. The first-order valence-electron chi connectivity index (χ1n) is 8.39. The summed E-state index contributed by atoms with van der Waals surface area (Å²) in [7, 11) is 1.30. The van der Waals surface area contributed by atoms with Crippen molar-refractivity contribution in [2.24, 2.45) is 4.99 Å². The number of hydrogen-bond donors (Lipinski definition) is 1. The van der Waals surface area contributed by atoms with Gasteiger partial charge in [0.1, 0.15) is 23.7 Å². The van der Waals surface area contributed by atoms with Crippen LogP contribution in [0.2, 0.25) is 5.02 Å². The van der Waals surface area contributed by atoms with Gasteiger partial charge in [0.15, 0.2) is 0 Å². The van der Waals surface area contributed by atoms with Crippen LogP contribution in [0.1, 0.15) is 11.1 Å². The highest BCUT2D eigenvalue weighted by molar-refractivity contribution is 6.32. The Hall–Kier alpha value is -3.05. The normalized spacial score (nSPS) is 11.7. The molecule has 2 aromatic rings. The second-order valence-corrected chi connectivity index (χ2v) is 6.48. The smallest absolute Gasteiger partial charge is 0.416 e. The molecule has 0 aliphatic carbocycles. The minimum atomic E-state index is -4.59. The van der Waals surface area contributed by atoms with Crippen LogP contribution < -0.4 is 10.1 Å². The summed E-state index contributed by atoms with van der Waals surface area (Å²) in [6, 6.07) is 5.04. The Bertz CT molecular complexity index is 1020. The molecule has 0 radical (unpaired) electrons. The van der Waals surface area contributed by atoms with Crippen LogP contribution in [0.5, 0.6) is 11.5 Å². The summed E-state index contributed by atoms with van der Waals surface area (Å²) < 4.78 is 49.1. The van der Waals surface area contributed by atoms with Crippen molar-refractivity contribution in [3.63, 3.8) is 0 Å². The molecule has 0 atom stereocenters. The highest BCUT2D eigenvalue weighted by Crippen LogP contribution is 2.37. The molecule has 0 aromatic heterocycles. The van der Waals surface area contributed by atoms with Gasteiger partial charge in [-0.15, -0.1) is 11.6 Å². The van der Waals surface area contributed by atoms with Crippen molar-refractivity contribution in [3.8, 4) is 11.5 Å². The van der Waals surface area contributed by atoms with Crippen molar-refractivity contribution in [2.75, 3.05) is 19.5 Å². The first-order chi connectivity index (χ1) is 14.6. The number of rotatable bonds is 6. The van der Waals surface area contributed by atoms with Gasteiger partial charge in [0, 0.05) is 19.2 Å². The summed E-state index contributed by atoms with van der Waals surface area (Å²) in [5.74, 6) is -0.532. The Balaban J connectivity index is 2.48. The first-order valence-corrected chi connectivity index (χ1v) is 9.30. The average molecular weight is 480 g/mol. The van der Waals surface area contributed by atoms with E-state index in [0.29, 0.717) is 6.07 Å². The number of halogens is 5. The Morgan fingerprint density at radius 2 is 1.97 bits per heavy atom. The fourth-order valence-corrected chi connectivity index (χ4v) is 2.55. The van der Waals surface area contributed by atoms with Gasteiger partial charge >= 0.3 is 12.2 Å². The molecule has 0 heterocycles. The molecule has 1 N–H and O–H groups in total. The van der Waals surface area contributed by atoms with Gasteiger partial charge in [0.2, 0.25) is 5.90 Å². The van der Waals surface area contributed by atoms with E-state index in [-0.39, 0.29) is 34.6 Å². The summed E-state index contributed by atoms with van der Waals surface area (Å²) in [5, 5.41) is 13.3. The third-order valence-corrected chi connectivity index (χ3v) is 4.06. The molecule has 166 valence electrons. The van der Waals surface area contributed by atoms with Gasteiger partial charge in [0.25, 0.3) is 5.69 Å². The molecule has 0 saturated heterocycles. The SMILES string of the molecule is CNC(=O)N=C(OCCCl)c1cc(Oc2ccc(C(F)(F)F)cc2Cl)ccc1[N+](=O)[O-]. The standard InChI is InChI=1S/C18H14Cl2F3N3O5/c1-24-17(27)25-16(30-7-6-19)12-9-11(3-4-14(12)26(28)29)31-15-5-2-10(8-13(15)20)18(21,22)23/h2-5,8-9H,6-7H2,1H3,(H,24,27). The quantitative estimate of drug-likeness (QED) is 0.196. The monoisotopic (exact) mass is 479 g/mol. The maximum atomic E-state index is 12.8. The number of nitro groups is 1. The number of amides is 2. The zero-order valence-electron chi connectivity index (χ0n) is 15.7.